The molecule has 0 bridgehead atoms. The molecule has 4 rings (SSSR count). The molecular formula is C18H14FN5O3. The van der Waals surface area contributed by atoms with Crippen LogP contribution in [0.2, 0.25) is 0 Å². The minimum atomic E-state index is -0.733. The van der Waals surface area contributed by atoms with Crippen molar-refractivity contribution >= 4 is 0 Å². The Kier molecular flexibility index (Phi) is 4.03. The standard InChI is InChI=1S/C18H14FN5O3/c1-10-8-21-18(25)24(10)12-5-3-11(4-6-12)16-22-17(27-23-16)14-7-13(26-2)9-20-15(14)19/h3-9H,1-2H3,(H,21,25). The van der Waals surface area contributed by atoms with E-state index in [1.165, 1.54) is 19.4 Å². The zero-order valence-electron chi connectivity index (χ0n) is 14.4. The van der Waals surface area contributed by atoms with Crippen LogP contribution in [0.25, 0.3) is 28.5 Å². The first-order valence-electron chi connectivity index (χ1n) is 7.98. The molecule has 0 saturated carbocycles. The maximum Gasteiger partial charge on any atom is 0.330 e. The van der Waals surface area contributed by atoms with Gasteiger partial charge in [-0.1, -0.05) is 5.16 Å². The lowest BCUT2D eigenvalue weighted by molar-refractivity contribution is 0.407. The molecule has 3 heterocycles. The molecule has 0 aliphatic carbocycles. The molecule has 1 N–H and O–H groups in total. The predicted molar refractivity (Wildman–Crippen MR) is 94.2 cm³/mol. The molecule has 136 valence electrons. The lowest BCUT2D eigenvalue weighted by Crippen LogP contribution is -2.15. The van der Waals surface area contributed by atoms with Crippen molar-refractivity contribution in [1.29, 1.82) is 0 Å². The van der Waals surface area contributed by atoms with Gasteiger partial charge in [0.1, 0.15) is 5.75 Å². The zero-order chi connectivity index (χ0) is 19.0. The summed E-state index contributed by atoms with van der Waals surface area (Å²) in [4.78, 5) is 22.3. The third kappa shape index (κ3) is 2.99. The summed E-state index contributed by atoms with van der Waals surface area (Å²) in [6.07, 6.45) is 2.90. The molecular weight excluding hydrogens is 353 g/mol. The van der Waals surface area contributed by atoms with Gasteiger partial charge in [-0.05, 0) is 37.3 Å². The Hall–Kier alpha value is -3.75. The van der Waals surface area contributed by atoms with Crippen molar-refractivity contribution in [1.82, 2.24) is 24.7 Å². The van der Waals surface area contributed by atoms with E-state index in [1.807, 2.05) is 6.92 Å². The molecule has 0 aliphatic heterocycles. The first-order valence-corrected chi connectivity index (χ1v) is 7.98. The molecule has 9 heteroatoms. The van der Waals surface area contributed by atoms with Gasteiger partial charge in [-0.25, -0.2) is 9.78 Å². The van der Waals surface area contributed by atoms with Crippen molar-refractivity contribution in [2.75, 3.05) is 7.11 Å². The van der Waals surface area contributed by atoms with Crippen LogP contribution in [-0.2, 0) is 0 Å². The van der Waals surface area contributed by atoms with Crippen LogP contribution in [0.15, 0.2) is 52.0 Å². The number of aryl methyl sites for hydroxylation is 1. The molecule has 3 aromatic heterocycles. The number of aromatic amines is 1. The second kappa shape index (κ2) is 6.52. The maximum atomic E-state index is 14.0. The zero-order valence-corrected chi connectivity index (χ0v) is 14.4. The van der Waals surface area contributed by atoms with Crippen LogP contribution < -0.4 is 10.4 Å². The van der Waals surface area contributed by atoms with Gasteiger partial charge in [0.05, 0.1) is 24.6 Å². The number of hydrogen-bond donors (Lipinski definition) is 1. The van der Waals surface area contributed by atoms with Crippen LogP contribution >= 0.6 is 0 Å². The number of methoxy groups -OCH3 is 1. The van der Waals surface area contributed by atoms with Crippen molar-refractivity contribution in [2.24, 2.45) is 0 Å². The van der Waals surface area contributed by atoms with Gasteiger partial charge in [-0.3, -0.25) is 4.57 Å². The van der Waals surface area contributed by atoms with E-state index in [9.17, 15) is 9.18 Å². The number of aromatic nitrogens is 5. The van der Waals surface area contributed by atoms with E-state index in [4.69, 9.17) is 9.26 Å². The van der Waals surface area contributed by atoms with Crippen molar-refractivity contribution in [3.8, 4) is 34.3 Å². The summed E-state index contributed by atoms with van der Waals surface area (Å²) >= 11 is 0. The molecule has 0 amide bonds. The first kappa shape index (κ1) is 16.7. The molecule has 0 spiro atoms. The average molecular weight is 367 g/mol. The van der Waals surface area contributed by atoms with Crippen molar-refractivity contribution in [2.45, 2.75) is 6.92 Å². The monoisotopic (exact) mass is 367 g/mol. The smallest absolute Gasteiger partial charge is 0.330 e. The van der Waals surface area contributed by atoms with Crippen LogP contribution in [0.3, 0.4) is 0 Å². The van der Waals surface area contributed by atoms with Crippen LogP contribution in [-0.4, -0.2) is 31.8 Å². The van der Waals surface area contributed by atoms with E-state index in [-0.39, 0.29) is 23.0 Å². The van der Waals surface area contributed by atoms with E-state index in [1.54, 1.807) is 35.0 Å². The Labute approximate surface area is 152 Å². The molecule has 4 aromatic rings. The Morgan fingerprint density at radius 2 is 2.04 bits per heavy atom. The first-order chi connectivity index (χ1) is 13.1. The highest BCUT2D eigenvalue weighted by molar-refractivity contribution is 5.61. The van der Waals surface area contributed by atoms with Crippen molar-refractivity contribution in [3.05, 3.63) is 64.9 Å². The van der Waals surface area contributed by atoms with Gasteiger partial charge < -0.3 is 14.2 Å². The number of benzene rings is 1. The quantitative estimate of drug-likeness (QED) is 0.557. The van der Waals surface area contributed by atoms with E-state index in [0.29, 0.717) is 17.0 Å². The molecule has 0 radical (unpaired) electrons. The number of imidazole rings is 1. The second-order valence-electron chi connectivity index (χ2n) is 5.75. The summed E-state index contributed by atoms with van der Waals surface area (Å²) in [5.41, 5.74) is 1.98. The van der Waals surface area contributed by atoms with Gasteiger partial charge in [0.15, 0.2) is 0 Å². The number of halogens is 1. The average Bonchev–Trinajstić information content (AvgIpc) is 3.29. The summed E-state index contributed by atoms with van der Waals surface area (Å²) in [5.74, 6) is -0.0703. The van der Waals surface area contributed by atoms with Crippen LogP contribution in [0.1, 0.15) is 5.69 Å². The summed E-state index contributed by atoms with van der Waals surface area (Å²) in [7, 11) is 1.46. The summed E-state index contributed by atoms with van der Waals surface area (Å²) < 4.78 is 25.7. The van der Waals surface area contributed by atoms with Gasteiger partial charge in [-0.2, -0.15) is 9.37 Å². The van der Waals surface area contributed by atoms with E-state index >= 15 is 0 Å². The highest BCUT2D eigenvalue weighted by atomic mass is 19.1. The Balaban J connectivity index is 1.67. The van der Waals surface area contributed by atoms with Crippen LogP contribution in [0.5, 0.6) is 5.75 Å². The number of ether oxygens (including phenoxy) is 1. The Morgan fingerprint density at radius 1 is 1.26 bits per heavy atom. The highest BCUT2D eigenvalue weighted by Gasteiger charge is 2.17. The lowest BCUT2D eigenvalue weighted by Gasteiger charge is -2.04. The van der Waals surface area contributed by atoms with E-state index in [0.717, 1.165) is 5.69 Å². The SMILES string of the molecule is COc1cnc(F)c(-c2nc(-c3ccc(-n4c(C)c[nH]c4=O)cc3)no2)c1. The van der Waals surface area contributed by atoms with Crippen molar-refractivity contribution in [3.63, 3.8) is 0 Å². The summed E-state index contributed by atoms with van der Waals surface area (Å²) in [6, 6.07) is 8.47. The number of H-pyrrole nitrogens is 1. The van der Waals surface area contributed by atoms with Gasteiger partial charge in [0.25, 0.3) is 5.89 Å². The van der Waals surface area contributed by atoms with E-state index in [2.05, 4.69) is 20.1 Å². The summed E-state index contributed by atoms with van der Waals surface area (Å²) in [6.45, 7) is 1.83. The minimum absolute atomic E-state index is 0.00400. The number of rotatable bonds is 4. The van der Waals surface area contributed by atoms with Crippen molar-refractivity contribution < 1.29 is 13.7 Å². The maximum absolute atomic E-state index is 14.0. The summed E-state index contributed by atoms with van der Waals surface area (Å²) in [5, 5.41) is 3.89. The Bertz CT molecular complexity index is 1160. The third-order valence-electron chi connectivity index (χ3n) is 4.05. The number of nitrogens with one attached hydrogen (secondary N) is 1. The Morgan fingerprint density at radius 3 is 2.70 bits per heavy atom. The number of nitrogens with zero attached hydrogens (tertiary/aromatic N) is 4. The molecule has 0 aliphatic rings. The molecule has 0 atom stereocenters. The lowest BCUT2D eigenvalue weighted by atomic mass is 10.2. The van der Waals surface area contributed by atoms with Crippen LogP contribution in [0.4, 0.5) is 4.39 Å². The minimum Gasteiger partial charge on any atom is -0.495 e. The van der Waals surface area contributed by atoms with Gasteiger partial charge in [0, 0.05) is 17.5 Å². The molecule has 8 nitrogen and oxygen atoms in total. The fourth-order valence-corrected chi connectivity index (χ4v) is 2.68. The van der Waals surface area contributed by atoms with Gasteiger partial charge in [-0.15, -0.1) is 0 Å². The molecule has 0 unspecified atom stereocenters. The third-order valence-corrected chi connectivity index (χ3v) is 4.05. The largest absolute Gasteiger partial charge is 0.495 e. The molecule has 1 aromatic carbocycles. The van der Waals surface area contributed by atoms with Crippen LogP contribution in [0, 0.1) is 12.9 Å². The second-order valence-corrected chi connectivity index (χ2v) is 5.75. The number of hydrogen-bond acceptors (Lipinski definition) is 6. The molecule has 27 heavy (non-hydrogen) atoms. The normalized spacial score (nSPS) is 10.9. The predicted octanol–water partition coefficient (Wildman–Crippen LogP) is 2.73. The fraction of sp³-hybridized carbons (Fsp3) is 0.111. The topological polar surface area (TPSA) is 98.8 Å². The molecule has 0 saturated heterocycles. The highest BCUT2D eigenvalue weighted by Crippen LogP contribution is 2.26. The fourth-order valence-electron chi connectivity index (χ4n) is 2.68. The number of pyridine rings is 1. The molecule has 0 fully saturated rings. The van der Waals surface area contributed by atoms with E-state index < -0.39 is 5.95 Å². The van der Waals surface area contributed by atoms with Gasteiger partial charge >= 0.3 is 5.69 Å². The van der Waals surface area contributed by atoms with Gasteiger partial charge in [0.2, 0.25) is 11.8 Å².